The quantitative estimate of drug-likeness (QED) is 0.843. The van der Waals surface area contributed by atoms with E-state index in [9.17, 15) is 4.79 Å². The Bertz CT molecular complexity index is 325. The molecule has 0 unspecified atom stereocenters. The Labute approximate surface area is 103 Å². The fourth-order valence-electron chi connectivity index (χ4n) is 1.13. The van der Waals surface area contributed by atoms with Crippen molar-refractivity contribution in [1.29, 1.82) is 0 Å². The summed E-state index contributed by atoms with van der Waals surface area (Å²) in [5, 5.41) is 4.80. The van der Waals surface area contributed by atoms with Crippen molar-refractivity contribution in [3.63, 3.8) is 0 Å². The van der Waals surface area contributed by atoms with E-state index >= 15 is 0 Å². The smallest absolute Gasteiger partial charge is 0.262 e. The lowest BCUT2D eigenvalue weighted by Gasteiger charge is -2.09. The Morgan fingerprint density at radius 3 is 2.87 bits per heavy atom. The number of amides is 1. The second kappa shape index (κ2) is 6.25. The molecule has 84 valence electrons. The molecule has 1 N–H and O–H groups in total. The number of nitrogens with one attached hydrogen (secondary N) is 1. The minimum atomic E-state index is 0.00984. The van der Waals surface area contributed by atoms with Gasteiger partial charge in [0, 0.05) is 11.0 Å². The summed E-state index contributed by atoms with van der Waals surface area (Å²) in [6.07, 6.45) is 0.974. The van der Waals surface area contributed by atoms with Crippen molar-refractivity contribution in [2.75, 3.05) is 27.2 Å². The van der Waals surface area contributed by atoms with Crippen molar-refractivity contribution >= 4 is 33.2 Å². The highest BCUT2D eigenvalue weighted by atomic mass is 79.9. The summed E-state index contributed by atoms with van der Waals surface area (Å²) in [6.45, 7) is 1.72. The molecule has 0 aliphatic rings. The topological polar surface area (TPSA) is 32.3 Å². The predicted octanol–water partition coefficient (Wildman–Crippen LogP) is 2.19. The summed E-state index contributed by atoms with van der Waals surface area (Å²) >= 11 is 4.79. The first-order valence-corrected chi connectivity index (χ1v) is 6.44. The Hall–Kier alpha value is -0.390. The zero-order valence-corrected chi connectivity index (χ0v) is 11.3. The number of hydrogen-bond donors (Lipinski definition) is 1. The molecule has 0 aromatic carbocycles. The van der Waals surface area contributed by atoms with Gasteiger partial charge in [-0.25, -0.2) is 0 Å². The summed E-state index contributed by atoms with van der Waals surface area (Å²) in [4.78, 5) is 14.5. The molecule has 15 heavy (non-hydrogen) atoms. The van der Waals surface area contributed by atoms with E-state index in [1.807, 2.05) is 25.5 Å². The number of rotatable bonds is 5. The Balaban J connectivity index is 2.28. The van der Waals surface area contributed by atoms with E-state index in [1.54, 1.807) is 0 Å². The van der Waals surface area contributed by atoms with Crippen molar-refractivity contribution in [2.24, 2.45) is 0 Å². The zero-order valence-electron chi connectivity index (χ0n) is 8.92. The monoisotopic (exact) mass is 290 g/mol. The number of halogens is 1. The molecule has 0 bridgehead atoms. The van der Waals surface area contributed by atoms with Crippen molar-refractivity contribution in [2.45, 2.75) is 6.42 Å². The van der Waals surface area contributed by atoms with E-state index in [2.05, 4.69) is 26.1 Å². The Morgan fingerprint density at radius 2 is 2.33 bits per heavy atom. The molecule has 1 amide bonds. The first-order valence-electron chi connectivity index (χ1n) is 4.77. The third-order valence-corrected chi connectivity index (χ3v) is 3.73. The number of nitrogens with zero attached hydrogens (tertiary/aromatic N) is 1. The highest BCUT2D eigenvalue weighted by Crippen LogP contribution is 2.22. The van der Waals surface area contributed by atoms with Crippen molar-refractivity contribution in [3.8, 4) is 0 Å². The molecular formula is C10H15BrN2OS. The average molecular weight is 291 g/mol. The van der Waals surface area contributed by atoms with Gasteiger partial charge in [0.1, 0.15) is 4.88 Å². The van der Waals surface area contributed by atoms with Gasteiger partial charge < -0.3 is 10.2 Å². The minimum Gasteiger partial charge on any atom is -0.351 e. The first kappa shape index (κ1) is 12.7. The van der Waals surface area contributed by atoms with E-state index in [1.165, 1.54) is 11.3 Å². The third-order valence-electron chi connectivity index (χ3n) is 1.89. The maximum atomic E-state index is 11.6. The molecule has 0 aliphatic heterocycles. The molecule has 0 fully saturated rings. The van der Waals surface area contributed by atoms with Crippen LogP contribution in [0.3, 0.4) is 0 Å². The number of carbonyl (C=O) groups is 1. The van der Waals surface area contributed by atoms with Crippen LogP contribution in [-0.4, -0.2) is 38.0 Å². The van der Waals surface area contributed by atoms with Crippen LogP contribution in [-0.2, 0) is 0 Å². The summed E-state index contributed by atoms with van der Waals surface area (Å²) < 4.78 is 0.873. The lowest BCUT2D eigenvalue weighted by molar-refractivity contribution is 0.0955. The second-order valence-corrected chi connectivity index (χ2v) is 5.28. The van der Waals surface area contributed by atoms with Crippen LogP contribution in [0.2, 0.25) is 0 Å². The molecule has 0 aliphatic carbocycles. The highest BCUT2D eigenvalue weighted by Gasteiger charge is 2.10. The third kappa shape index (κ3) is 4.32. The SMILES string of the molecule is CN(C)CCCNC(=O)c1sccc1Br. The summed E-state index contributed by atoms with van der Waals surface area (Å²) in [5.41, 5.74) is 0. The van der Waals surface area contributed by atoms with Gasteiger partial charge in [-0.05, 0) is 54.4 Å². The van der Waals surface area contributed by atoms with Crippen molar-refractivity contribution in [1.82, 2.24) is 10.2 Å². The normalized spacial score (nSPS) is 10.7. The van der Waals surface area contributed by atoms with Gasteiger partial charge >= 0.3 is 0 Å². The van der Waals surface area contributed by atoms with Gasteiger partial charge in [0.05, 0.1) is 0 Å². The fraction of sp³-hybridized carbons (Fsp3) is 0.500. The van der Waals surface area contributed by atoms with Crippen LogP contribution in [0, 0.1) is 0 Å². The van der Waals surface area contributed by atoms with E-state index in [-0.39, 0.29) is 5.91 Å². The predicted molar refractivity (Wildman–Crippen MR) is 67.5 cm³/mol. The van der Waals surface area contributed by atoms with Gasteiger partial charge in [0.25, 0.3) is 5.91 Å². The van der Waals surface area contributed by atoms with E-state index in [0.29, 0.717) is 0 Å². The zero-order chi connectivity index (χ0) is 11.3. The van der Waals surface area contributed by atoms with Crippen LogP contribution in [0.4, 0.5) is 0 Å². The molecule has 1 aromatic rings. The molecule has 0 atom stereocenters. The van der Waals surface area contributed by atoms with Gasteiger partial charge in [-0.15, -0.1) is 11.3 Å². The molecule has 1 rings (SSSR count). The molecular weight excluding hydrogens is 276 g/mol. The van der Waals surface area contributed by atoms with Gasteiger partial charge in [-0.3, -0.25) is 4.79 Å². The van der Waals surface area contributed by atoms with E-state index in [4.69, 9.17) is 0 Å². The lowest BCUT2D eigenvalue weighted by atomic mass is 10.4. The maximum absolute atomic E-state index is 11.6. The largest absolute Gasteiger partial charge is 0.351 e. The molecule has 3 nitrogen and oxygen atoms in total. The summed E-state index contributed by atoms with van der Waals surface area (Å²) in [7, 11) is 4.05. The first-order chi connectivity index (χ1) is 7.11. The number of thiophene rings is 1. The van der Waals surface area contributed by atoms with Crippen LogP contribution < -0.4 is 5.32 Å². The van der Waals surface area contributed by atoms with Crippen LogP contribution in [0.1, 0.15) is 16.1 Å². The molecule has 1 heterocycles. The van der Waals surface area contributed by atoms with Crippen molar-refractivity contribution < 1.29 is 4.79 Å². The van der Waals surface area contributed by atoms with Gasteiger partial charge in [0.15, 0.2) is 0 Å². The Morgan fingerprint density at radius 1 is 1.60 bits per heavy atom. The molecule has 1 aromatic heterocycles. The summed E-state index contributed by atoms with van der Waals surface area (Å²) in [6, 6.07) is 1.89. The van der Waals surface area contributed by atoms with Crippen LogP contribution >= 0.6 is 27.3 Å². The highest BCUT2D eigenvalue weighted by molar-refractivity contribution is 9.10. The lowest BCUT2D eigenvalue weighted by Crippen LogP contribution is -2.26. The number of hydrogen-bond acceptors (Lipinski definition) is 3. The molecule has 0 spiro atoms. The van der Waals surface area contributed by atoms with Gasteiger partial charge in [0.2, 0.25) is 0 Å². The summed E-state index contributed by atoms with van der Waals surface area (Å²) in [5.74, 6) is 0.00984. The maximum Gasteiger partial charge on any atom is 0.262 e. The van der Waals surface area contributed by atoms with E-state index < -0.39 is 0 Å². The van der Waals surface area contributed by atoms with Gasteiger partial charge in [-0.1, -0.05) is 0 Å². The molecule has 5 heteroatoms. The Kier molecular flexibility index (Phi) is 5.28. The number of carbonyl (C=O) groups excluding carboxylic acids is 1. The fourth-order valence-corrected chi connectivity index (χ4v) is 2.60. The molecule has 0 saturated heterocycles. The van der Waals surface area contributed by atoms with Crippen LogP contribution in [0.15, 0.2) is 15.9 Å². The van der Waals surface area contributed by atoms with Gasteiger partial charge in [-0.2, -0.15) is 0 Å². The van der Waals surface area contributed by atoms with Crippen LogP contribution in [0.5, 0.6) is 0 Å². The average Bonchev–Trinajstić information content (AvgIpc) is 2.58. The van der Waals surface area contributed by atoms with Crippen LogP contribution in [0.25, 0.3) is 0 Å². The second-order valence-electron chi connectivity index (χ2n) is 3.51. The standard InChI is InChI=1S/C10H15BrN2OS/c1-13(2)6-3-5-12-10(14)9-8(11)4-7-15-9/h4,7H,3,5-6H2,1-2H3,(H,12,14). The minimum absolute atomic E-state index is 0.00984. The van der Waals surface area contributed by atoms with E-state index in [0.717, 1.165) is 28.9 Å². The molecule has 0 saturated carbocycles. The van der Waals surface area contributed by atoms with Crippen molar-refractivity contribution in [3.05, 3.63) is 20.8 Å². The molecule has 0 radical (unpaired) electrons.